The number of aryl methyl sites for hydroxylation is 2. The molecule has 4 heteroatoms. The van der Waals surface area contributed by atoms with Gasteiger partial charge in [0.25, 0.3) is 0 Å². The summed E-state index contributed by atoms with van der Waals surface area (Å²) < 4.78 is 0. The van der Waals surface area contributed by atoms with E-state index in [0.29, 0.717) is 5.92 Å². The largest absolute Gasteiger partial charge is 0.512 e. The zero-order chi connectivity index (χ0) is 30.5. The monoisotopic (exact) mass is 743 g/mol. The fourth-order valence-electron chi connectivity index (χ4n) is 4.75. The van der Waals surface area contributed by atoms with Gasteiger partial charge in [-0.3, -0.25) is 4.79 Å². The molecule has 4 aromatic rings. The van der Waals surface area contributed by atoms with Crippen LogP contribution in [0, 0.1) is 36.7 Å². The Kier molecular flexibility index (Phi) is 12.3. The second kappa shape index (κ2) is 14.6. The summed E-state index contributed by atoms with van der Waals surface area (Å²) in [6.45, 7) is 20.4. The average Bonchev–Trinajstić information content (AvgIpc) is 2.91. The quantitative estimate of drug-likeness (QED) is 0.0847. The molecule has 1 radical (unpaired) electrons. The number of pyridine rings is 1. The summed E-state index contributed by atoms with van der Waals surface area (Å²) in [5.41, 5.74) is 5.21. The maximum Gasteiger partial charge on any atom is 0.164 e. The van der Waals surface area contributed by atoms with Gasteiger partial charge in [-0.25, -0.2) is 0 Å². The van der Waals surface area contributed by atoms with Crippen LogP contribution in [0.1, 0.15) is 84.9 Å². The van der Waals surface area contributed by atoms with Crippen LogP contribution in [0.5, 0.6) is 0 Å². The Morgan fingerprint density at radius 2 is 1.57 bits per heavy atom. The second-order valence-electron chi connectivity index (χ2n) is 13.1. The van der Waals surface area contributed by atoms with E-state index in [1.54, 1.807) is 0 Å². The summed E-state index contributed by atoms with van der Waals surface area (Å²) in [4.78, 5) is 16.6. The van der Waals surface area contributed by atoms with Crippen LogP contribution >= 0.6 is 0 Å². The number of hydrogen-bond donors (Lipinski definition) is 1. The van der Waals surface area contributed by atoms with E-state index >= 15 is 0 Å². The molecule has 0 aliphatic carbocycles. The van der Waals surface area contributed by atoms with Gasteiger partial charge in [0.1, 0.15) is 5.76 Å². The van der Waals surface area contributed by atoms with Crippen molar-refractivity contribution in [2.45, 2.75) is 88.5 Å². The van der Waals surface area contributed by atoms with Crippen LogP contribution in [0.3, 0.4) is 0 Å². The standard InChI is InChI=1S/C25H24N.C13H24O2.Ir/c1-16(2)11-19-5-8-23-21(15-19)7-6-20-9-10-26-25(24(20)23)22-13-17(3)12-18(4)14-22;1-7-12(3,4)10(14)9-11(15)13(5,6)8-2;/h5-10,12-13,15-16H,11H2,1-4H3;9,14H,7-8H2,1-6H3;/q-1;;/b;10-9-;. The molecule has 0 spiro atoms. The molecule has 3 nitrogen and oxygen atoms in total. The van der Waals surface area contributed by atoms with Crippen molar-refractivity contribution in [3.8, 4) is 11.3 Å². The molecule has 1 heterocycles. The third kappa shape index (κ3) is 8.62. The Balaban J connectivity index is 0.000000334. The molecule has 0 aliphatic rings. The molecule has 0 aliphatic heterocycles. The van der Waals surface area contributed by atoms with Crippen LogP contribution in [0.25, 0.3) is 32.8 Å². The molecule has 227 valence electrons. The molecule has 4 rings (SSSR count). The SMILES string of the molecule is CCC(C)(C)C(=O)/C=C(\O)C(C)(C)CC.Cc1[c-]c(-c2nccc3ccc4cc(CC(C)C)ccc4c23)cc(C)c1.[Ir]. The first-order valence-electron chi connectivity index (χ1n) is 15.0. The Hall–Kier alpha value is -2.81. The number of aliphatic hydroxyl groups excluding tert-OH is 1. The van der Waals surface area contributed by atoms with Crippen molar-refractivity contribution < 1.29 is 30.0 Å². The molecule has 0 saturated carbocycles. The number of carbonyl (C=O) groups excluding carboxylic acids is 1. The number of rotatable bonds is 8. The molecule has 0 saturated heterocycles. The summed E-state index contributed by atoms with van der Waals surface area (Å²) in [5.74, 6) is 0.857. The van der Waals surface area contributed by atoms with Crippen LogP contribution in [0.4, 0.5) is 0 Å². The number of fused-ring (bicyclic) bond motifs is 3. The molecule has 0 unspecified atom stereocenters. The topological polar surface area (TPSA) is 50.2 Å². The molecule has 1 aromatic heterocycles. The number of ketones is 1. The normalized spacial score (nSPS) is 12.2. The molecule has 0 atom stereocenters. The predicted molar refractivity (Wildman–Crippen MR) is 175 cm³/mol. The Morgan fingerprint density at radius 1 is 0.929 bits per heavy atom. The Labute approximate surface area is 267 Å². The number of hydrogen-bond acceptors (Lipinski definition) is 3. The first-order chi connectivity index (χ1) is 19.2. The number of aliphatic hydroxyl groups is 1. The van der Waals surface area contributed by atoms with Gasteiger partial charge in [0.05, 0.1) is 0 Å². The van der Waals surface area contributed by atoms with Gasteiger partial charge in [-0.15, -0.1) is 34.9 Å². The van der Waals surface area contributed by atoms with Crippen molar-refractivity contribution in [3.63, 3.8) is 0 Å². The number of aromatic nitrogens is 1. The van der Waals surface area contributed by atoms with E-state index in [0.717, 1.165) is 36.1 Å². The molecule has 0 fully saturated rings. The number of allylic oxidation sites excluding steroid dienone is 2. The third-order valence-corrected chi connectivity index (χ3v) is 8.25. The first kappa shape index (κ1) is 35.4. The zero-order valence-corrected chi connectivity index (χ0v) is 29.5. The van der Waals surface area contributed by atoms with Crippen LogP contribution in [0.2, 0.25) is 0 Å². The summed E-state index contributed by atoms with van der Waals surface area (Å²) in [5, 5.41) is 14.9. The minimum atomic E-state index is -0.377. The first-order valence-corrected chi connectivity index (χ1v) is 15.0. The average molecular weight is 743 g/mol. The van der Waals surface area contributed by atoms with Gasteiger partial charge in [0.2, 0.25) is 0 Å². The van der Waals surface area contributed by atoms with Crippen LogP contribution < -0.4 is 0 Å². The molecular weight excluding hydrogens is 695 g/mol. The van der Waals surface area contributed by atoms with Gasteiger partial charge < -0.3 is 10.1 Å². The van der Waals surface area contributed by atoms with Crippen molar-refractivity contribution >= 4 is 27.3 Å². The van der Waals surface area contributed by atoms with Gasteiger partial charge in [-0.1, -0.05) is 99.6 Å². The molecule has 42 heavy (non-hydrogen) atoms. The fourth-order valence-corrected chi connectivity index (χ4v) is 4.75. The van der Waals surface area contributed by atoms with Gasteiger partial charge in [0.15, 0.2) is 5.78 Å². The van der Waals surface area contributed by atoms with Gasteiger partial charge in [-0.05, 0) is 64.0 Å². The number of carbonyl (C=O) groups is 1. The molecule has 1 N–H and O–H groups in total. The molecule has 3 aromatic carbocycles. The van der Waals surface area contributed by atoms with Crippen LogP contribution in [-0.2, 0) is 31.3 Å². The smallest absolute Gasteiger partial charge is 0.164 e. The maximum absolute atomic E-state index is 11.8. The summed E-state index contributed by atoms with van der Waals surface area (Å²) in [6.07, 6.45) is 6.01. The Bertz CT molecular complexity index is 1540. The van der Waals surface area contributed by atoms with E-state index in [9.17, 15) is 9.90 Å². The van der Waals surface area contributed by atoms with Crippen LogP contribution in [-0.4, -0.2) is 15.9 Å². The van der Waals surface area contributed by atoms with Gasteiger partial charge in [-0.2, -0.15) is 0 Å². The summed E-state index contributed by atoms with van der Waals surface area (Å²) in [7, 11) is 0. The van der Waals surface area contributed by atoms with E-state index < -0.39 is 0 Å². The number of nitrogens with zero attached hydrogens (tertiary/aromatic N) is 1. The van der Waals surface area contributed by atoms with E-state index in [4.69, 9.17) is 4.98 Å². The van der Waals surface area contributed by atoms with E-state index in [2.05, 4.69) is 82.3 Å². The molecular formula is C38H48IrNO2-. The Morgan fingerprint density at radius 3 is 2.17 bits per heavy atom. The summed E-state index contributed by atoms with van der Waals surface area (Å²) in [6, 6.07) is 21.2. The third-order valence-electron chi connectivity index (χ3n) is 8.25. The van der Waals surface area contributed by atoms with Crippen molar-refractivity contribution in [2.24, 2.45) is 16.7 Å². The minimum absolute atomic E-state index is 0. The summed E-state index contributed by atoms with van der Waals surface area (Å²) >= 11 is 0. The molecule has 0 bridgehead atoms. The van der Waals surface area contributed by atoms with E-state index in [-0.39, 0.29) is 42.5 Å². The van der Waals surface area contributed by atoms with Crippen molar-refractivity contribution in [1.82, 2.24) is 4.98 Å². The van der Waals surface area contributed by atoms with Crippen molar-refractivity contribution in [3.05, 3.63) is 89.3 Å². The van der Waals surface area contributed by atoms with Gasteiger partial charge in [0, 0.05) is 43.2 Å². The number of benzene rings is 3. The molecule has 0 amide bonds. The van der Waals surface area contributed by atoms with Crippen LogP contribution in [0.15, 0.2) is 66.6 Å². The van der Waals surface area contributed by atoms with E-state index in [1.165, 1.54) is 38.7 Å². The van der Waals surface area contributed by atoms with Gasteiger partial charge >= 0.3 is 0 Å². The van der Waals surface area contributed by atoms with Crippen molar-refractivity contribution in [2.75, 3.05) is 0 Å². The predicted octanol–water partition coefficient (Wildman–Crippen LogP) is 10.5. The van der Waals surface area contributed by atoms with Crippen molar-refractivity contribution in [1.29, 1.82) is 0 Å². The van der Waals surface area contributed by atoms with E-state index in [1.807, 2.05) is 47.7 Å². The fraction of sp³-hybridized carbons (Fsp3) is 0.421. The minimum Gasteiger partial charge on any atom is -0.512 e. The zero-order valence-electron chi connectivity index (χ0n) is 27.1. The maximum atomic E-state index is 11.8. The second-order valence-corrected chi connectivity index (χ2v) is 13.1.